The van der Waals surface area contributed by atoms with Crippen LogP contribution in [-0.2, 0) is 4.74 Å². The fourth-order valence-corrected chi connectivity index (χ4v) is 3.29. The van der Waals surface area contributed by atoms with Crippen molar-refractivity contribution in [1.29, 1.82) is 0 Å². The van der Waals surface area contributed by atoms with Crippen LogP contribution in [0.5, 0.6) is 0 Å². The highest BCUT2D eigenvalue weighted by molar-refractivity contribution is 7.99. The molecule has 1 fully saturated rings. The summed E-state index contributed by atoms with van der Waals surface area (Å²) < 4.78 is 31.9. The normalized spacial score (nSPS) is 21.2. The molecule has 2 atom stereocenters. The number of benzene rings is 1. The summed E-state index contributed by atoms with van der Waals surface area (Å²) in [6.07, 6.45) is 1.03. The zero-order chi connectivity index (χ0) is 13.0. The van der Waals surface area contributed by atoms with Gasteiger partial charge in [-0.2, -0.15) is 0 Å². The van der Waals surface area contributed by atoms with Gasteiger partial charge >= 0.3 is 0 Å². The van der Waals surface area contributed by atoms with Crippen molar-refractivity contribution < 1.29 is 13.5 Å². The van der Waals surface area contributed by atoms with Gasteiger partial charge in [0.1, 0.15) is 11.6 Å². The van der Waals surface area contributed by atoms with Crippen LogP contribution in [0.4, 0.5) is 8.78 Å². The van der Waals surface area contributed by atoms with E-state index in [2.05, 4.69) is 5.32 Å². The summed E-state index contributed by atoms with van der Waals surface area (Å²) in [5.74, 6) is 0.410. The fraction of sp³-hybridized carbons (Fsp3) is 0.538. The molecule has 0 spiro atoms. The monoisotopic (exact) mass is 273 g/mol. The molecule has 0 saturated carbocycles. The zero-order valence-electron chi connectivity index (χ0n) is 10.3. The van der Waals surface area contributed by atoms with Crippen molar-refractivity contribution in [3.63, 3.8) is 0 Å². The Labute approximate surface area is 110 Å². The molecule has 0 aromatic heterocycles. The molecule has 5 heteroatoms. The Kier molecular flexibility index (Phi) is 4.97. The Bertz CT molecular complexity index is 397. The first-order valence-electron chi connectivity index (χ1n) is 6.03. The number of hydrogen-bond acceptors (Lipinski definition) is 3. The topological polar surface area (TPSA) is 21.3 Å². The zero-order valence-corrected chi connectivity index (χ0v) is 11.1. The summed E-state index contributed by atoms with van der Waals surface area (Å²) in [4.78, 5) is 0.370. The molecule has 0 bridgehead atoms. The highest BCUT2D eigenvalue weighted by Crippen LogP contribution is 2.26. The third-order valence-electron chi connectivity index (χ3n) is 3.22. The van der Waals surface area contributed by atoms with Gasteiger partial charge in [-0.25, -0.2) is 8.78 Å². The number of halogens is 2. The summed E-state index contributed by atoms with van der Waals surface area (Å²) in [5.41, 5.74) is 0. The lowest BCUT2D eigenvalue weighted by Crippen LogP contribution is -2.36. The molecule has 2 nitrogen and oxygen atoms in total. The van der Waals surface area contributed by atoms with Gasteiger partial charge in [0.2, 0.25) is 0 Å². The summed E-state index contributed by atoms with van der Waals surface area (Å²) in [6.45, 7) is 1.54. The van der Waals surface area contributed by atoms with E-state index in [1.807, 2.05) is 7.05 Å². The molecule has 1 saturated heterocycles. The molecule has 0 aliphatic carbocycles. The Morgan fingerprint density at radius 3 is 3.00 bits per heavy atom. The summed E-state index contributed by atoms with van der Waals surface area (Å²) in [6, 6.07) is 3.82. The Morgan fingerprint density at radius 2 is 2.33 bits per heavy atom. The Balaban J connectivity index is 1.94. The van der Waals surface area contributed by atoms with Crippen LogP contribution >= 0.6 is 11.8 Å². The molecule has 1 heterocycles. The second-order valence-electron chi connectivity index (χ2n) is 4.40. The molecule has 100 valence electrons. The molecule has 1 aromatic carbocycles. The van der Waals surface area contributed by atoms with Gasteiger partial charge in [0.15, 0.2) is 0 Å². The minimum absolute atomic E-state index is 0.264. The maximum Gasteiger partial charge on any atom is 0.136 e. The molecule has 1 aromatic rings. The maximum absolute atomic E-state index is 13.5. The molecule has 2 rings (SSSR count). The van der Waals surface area contributed by atoms with E-state index in [0.29, 0.717) is 16.6 Å². The SMILES string of the molecule is CNC(CSc1cc(F)ccc1F)C1CCOC1. The predicted octanol–water partition coefficient (Wildman–Crippen LogP) is 2.68. The van der Waals surface area contributed by atoms with Gasteiger partial charge in [-0.05, 0) is 31.7 Å². The number of ether oxygens (including phenoxy) is 1. The predicted molar refractivity (Wildman–Crippen MR) is 68.9 cm³/mol. The number of rotatable bonds is 5. The minimum Gasteiger partial charge on any atom is -0.381 e. The molecule has 2 unspecified atom stereocenters. The smallest absolute Gasteiger partial charge is 0.136 e. The van der Waals surface area contributed by atoms with Gasteiger partial charge in [0, 0.05) is 29.2 Å². The number of thioether (sulfide) groups is 1. The second kappa shape index (κ2) is 6.50. The molecule has 18 heavy (non-hydrogen) atoms. The van der Waals surface area contributed by atoms with Crippen LogP contribution in [-0.4, -0.2) is 32.1 Å². The van der Waals surface area contributed by atoms with Crippen LogP contribution in [0.2, 0.25) is 0 Å². The van der Waals surface area contributed by atoms with Crippen LogP contribution in [0, 0.1) is 17.6 Å². The van der Waals surface area contributed by atoms with E-state index >= 15 is 0 Å². The number of hydrogen-bond donors (Lipinski definition) is 1. The largest absolute Gasteiger partial charge is 0.381 e. The third kappa shape index (κ3) is 3.43. The van der Waals surface area contributed by atoms with E-state index < -0.39 is 5.82 Å². The van der Waals surface area contributed by atoms with Gasteiger partial charge in [0.25, 0.3) is 0 Å². The van der Waals surface area contributed by atoms with E-state index in [1.165, 1.54) is 23.9 Å². The summed E-state index contributed by atoms with van der Waals surface area (Å²) >= 11 is 1.35. The van der Waals surface area contributed by atoms with Gasteiger partial charge in [-0.15, -0.1) is 11.8 Å². The highest BCUT2D eigenvalue weighted by Gasteiger charge is 2.24. The van der Waals surface area contributed by atoms with Crippen LogP contribution in [0.3, 0.4) is 0 Å². The van der Waals surface area contributed by atoms with E-state index in [-0.39, 0.29) is 11.9 Å². The molecule has 1 N–H and O–H groups in total. The molecular formula is C13H17F2NOS. The van der Waals surface area contributed by atoms with Gasteiger partial charge in [-0.3, -0.25) is 0 Å². The van der Waals surface area contributed by atoms with Crippen molar-refractivity contribution in [3.05, 3.63) is 29.8 Å². The van der Waals surface area contributed by atoms with Gasteiger partial charge < -0.3 is 10.1 Å². The van der Waals surface area contributed by atoms with E-state index in [4.69, 9.17) is 4.74 Å². The molecule has 1 aliphatic rings. The van der Waals surface area contributed by atoms with Crippen molar-refractivity contribution >= 4 is 11.8 Å². The molecule has 0 radical (unpaired) electrons. The highest BCUT2D eigenvalue weighted by atomic mass is 32.2. The first-order chi connectivity index (χ1) is 8.70. The first-order valence-corrected chi connectivity index (χ1v) is 7.02. The minimum atomic E-state index is -0.399. The van der Waals surface area contributed by atoms with Gasteiger partial charge in [-0.1, -0.05) is 0 Å². The van der Waals surface area contributed by atoms with Gasteiger partial charge in [0.05, 0.1) is 6.61 Å². The molecular weight excluding hydrogens is 256 g/mol. The van der Waals surface area contributed by atoms with E-state index in [0.717, 1.165) is 25.7 Å². The average Bonchev–Trinajstić information content (AvgIpc) is 2.88. The standard InChI is InChI=1S/C13H17F2NOS/c1-16-12(9-4-5-17-7-9)8-18-13-6-10(14)2-3-11(13)15/h2-3,6,9,12,16H,4-5,7-8H2,1H3. The summed E-state index contributed by atoms with van der Waals surface area (Å²) in [7, 11) is 1.89. The van der Waals surface area contributed by atoms with Crippen molar-refractivity contribution in [2.75, 3.05) is 26.0 Å². The molecule has 0 amide bonds. The van der Waals surface area contributed by atoms with Crippen molar-refractivity contribution in [2.45, 2.75) is 17.4 Å². The van der Waals surface area contributed by atoms with Crippen LogP contribution in [0.15, 0.2) is 23.1 Å². The van der Waals surface area contributed by atoms with Crippen molar-refractivity contribution in [2.24, 2.45) is 5.92 Å². The van der Waals surface area contributed by atoms with Crippen LogP contribution in [0.25, 0.3) is 0 Å². The lowest BCUT2D eigenvalue weighted by molar-refractivity contribution is 0.180. The first kappa shape index (κ1) is 13.8. The van der Waals surface area contributed by atoms with Crippen LogP contribution in [0.1, 0.15) is 6.42 Å². The van der Waals surface area contributed by atoms with Crippen LogP contribution < -0.4 is 5.32 Å². The maximum atomic E-state index is 13.5. The third-order valence-corrected chi connectivity index (χ3v) is 4.37. The Morgan fingerprint density at radius 1 is 1.50 bits per heavy atom. The lowest BCUT2D eigenvalue weighted by Gasteiger charge is -2.21. The fourth-order valence-electron chi connectivity index (χ4n) is 2.09. The summed E-state index contributed by atoms with van der Waals surface area (Å²) in [5, 5.41) is 3.23. The molecule has 1 aliphatic heterocycles. The average molecular weight is 273 g/mol. The van der Waals surface area contributed by atoms with Crippen molar-refractivity contribution in [1.82, 2.24) is 5.32 Å². The lowest BCUT2D eigenvalue weighted by atomic mass is 10.0. The van der Waals surface area contributed by atoms with E-state index in [9.17, 15) is 8.78 Å². The second-order valence-corrected chi connectivity index (χ2v) is 5.47. The quantitative estimate of drug-likeness (QED) is 0.833. The Hall–Kier alpha value is -0.650. The van der Waals surface area contributed by atoms with Crippen molar-refractivity contribution in [3.8, 4) is 0 Å². The number of nitrogens with one attached hydrogen (secondary N) is 1. The van der Waals surface area contributed by atoms with E-state index in [1.54, 1.807) is 0 Å².